The quantitative estimate of drug-likeness (QED) is 0.877. The molecule has 2 aromatic rings. The molecule has 2 heterocycles. The van der Waals surface area contributed by atoms with Crippen molar-refractivity contribution in [1.29, 1.82) is 0 Å². The van der Waals surface area contributed by atoms with Crippen molar-refractivity contribution in [1.82, 2.24) is 4.90 Å². The minimum atomic E-state index is -0.258. The third kappa shape index (κ3) is 2.90. The smallest absolute Gasteiger partial charge is 0.258 e. The largest absolute Gasteiger partial charge is 0.472 e. The fourth-order valence-electron chi connectivity index (χ4n) is 2.27. The van der Waals surface area contributed by atoms with E-state index in [2.05, 4.69) is 5.32 Å². The maximum absolute atomic E-state index is 11.9. The first-order valence-corrected chi connectivity index (χ1v) is 6.89. The second-order valence-corrected chi connectivity index (χ2v) is 5.04. The second-order valence-electron chi connectivity index (χ2n) is 5.04. The lowest BCUT2D eigenvalue weighted by molar-refractivity contribution is -0.139. The molecule has 1 saturated heterocycles. The lowest BCUT2D eigenvalue weighted by Gasteiger charge is -2.14. The van der Waals surface area contributed by atoms with E-state index in [9.17, 15) is 14.4 Å². The van der Waals surface area contributed by atoms with Gasteiger partial charge in [-0.15, -0.1) is 0 Å². The fourth-order valence-corrected chi connectivity index (χ4v) is 2.27. The fraction of sp³-hybridized carbons (Fsp3) is 0.188. The van der Waals surface area contributed by atoms with Crippen LogP contribution in [0.1, 0.15) is 28.8 Å². The van der Waals surface area contributed by atoms with Gasteiger partial charge in [-0.3, -0.25) is 19.3 Å². The number of carbonyl (C=O) groups excluding carboxylic acids is 3. The number of imide groups is 1. The Labute approximate surface area is 126 Å². The summed E-state index contributed by atoms with van der Waals surface area (Å²) < 4.78 is 4.86. The maximum Gasteiger partial charge on any atom is 0.258 e. The van der Waals surface area contributed by atoms with Gasteiger partial charge in [0.15, 0.2) is 0 Å². The van der Waals surface area contributed by atoms with Crippen molar-refractivity contribution in [2.45, 2.75) is 19.4 Å². The van der Waals surface area contributed by atoms with Crippen LogP contribution in [-0.2, 0) is 16.1 Å². The molecule has 0 unspecified atom stereocenters. The van der Waals surface area contributed by atoms with E-state index in [1.54, 1.807) is 30.3 Å². The zero-order valence-corrected chi connectivity index (χ0v) is 11.7. The van der Waals surface area contributed by atoms with Gasteiger partial charge in [-0.05, 0) is 23.8 Å². The number of benzene rings is 1. The molecule has 0 atom stereocenters. The summed E-state index contributed by atoms with van der Waals surface area (Å²) in [6.07, 6.45) is 3.38. The third-order valence-corrected chi connectivity index (χ3v) is 3.49. The highest BCUT2D eigenvalue weighted by Gasteiger charge is 2.28. The van der Waals surface area contributed by atoms with E-state index in [4.69, 9.17) is 4.42 Å². The predicted molar refractivity (Wildman–Crippen MR) is 77.9 cm³/mol. The van der Waals surface area contributed by atoms with Crippen molar-refractivity contribution in [3.63, 3.8) is 0 Å². The van der Waals surface area contributed by atoms with E-state index in [-0.39, 0.29) is 37.1 Å². The standard InChI is InChI=1S/C16H14N2O4/c19-14-5-6-15(20)18(14)9-11-1-3-13(4-2-11)17-16(21)12-7-8-22-10-12/h1-4,7-8,10H,5-6,9H2,(H,17,21). The highest BCUT2D eigenvalue weighted by atomic mass is 16.3. The number of nitrogens with one attached hydrogen (secondary N) is 1. The van der Waals surface area contributed by atoms with Crippen molar-refractivity contribution in [3.05, 3.63) is 54.0 Å². The number of carbonyl (C=O) groups is 3. The molecule has 22 heavy (non-hydrogen) atoms. The first kappa shape index (κ1) is 14.1. The van der Waals surface area contributed by atoms with E-state index in [0.29, 0.717) is 11.3 Å². The van der Waals surface area contributed by atoms with Gasteiger partial charge in [-0.25, -0.2) is 0 Å². The highest BCUT2D eigenvalue weighted by molar-refractivity contribution is 6.04. The lowest BCUT2D eigenvalue weighted by atomic mass is 10.2. The van der Waals surface area contributed by atoms with Gasteiger partial charge in [-0.1, -0.05) is 12.1 Å². The van der Waals surface area contributed by atoms with Crippen LogP contribution in [0.15, 0.2) is 47.3 Å². The molecule has 1 aliphatic rings. The molecule has 0 aliphatic carbocycles. The summed E-state index contributed by atoms with van der Waals surface area (Å²) >= 11 is 0. The Kier molecular flexibility index (Phi) is 3.74. The van der Waals surface area contributed by atoms with Crippen LogP contribution in [-0.4, -0.2) is 22.6 Å². The van der Waals surface area contributed by atoms with Crippen LogP contribution in [0.2, 0.25) is 0 Å². The minimum absolute atomic E-state index is 0.137. The molecule has 1 aliphatic heterocycles. The van der Waals surface area contributed by atoms with Crippen LogP contribution < -0.4 is 5.32 Å². The SMILES string of the molecule is O=C(Nc1ccc(CN2C(=O)CCC2=O)cc1)c1ccoc1. The van der Waals surface area contributed by atoms with Gasteiger partial charge in [0.2, 0.25) is 11.8 Å². The monoisotopic (exact) mass is 298 g/mol. The summed E-state index contributed by atoms with van der Waals surface area (Å²) in [6, 6.07) is 8.61. The van der Waals surface area contributed by atoms with E-state index in [0.717, 1.165) is 5.56 Å². The predicted octanol–water partition coefficient (Wildman–Crippen LogP) is 2.18. The Balaban J connectivity index is 1.64. The van der Waals surface area contributed by atoms with Gasteiger partial charge in [-0.2, -0.15) is 0 Å². The van der Waals surface area contributed by atoms with E-state index < -0.39 is 0 Å². The molecule has 0 saturated carbocycles. The zero-order chi connectivity index (χ0) is 15.5. The Morgan fingerprint density at radius 3 is 2.36 bits per heavy atom. The number of likely N-dealkylation sites (tertiary alicyclic amines) is 1. The topological polar surface area (TPSA) is 79.6 Å². The molecular formula is C16H14N2O4. The molecule has 0 radical (unpaired) electrons. The first-order chi connectivity index (χ1) is 10.6. The van der Waals surface area contributed by atoms with Crippen molar-refractivity contribution in [3.8, 4) is 0 Å². The normalized spacial score (nSPS) is 14.5. The van der Waals surface area contributed by atoms with Crippen LogP contribution >= 0.6 is 0 Å². The summed E-state index contributed by atoms with van der Waals surface area (Å²) in [7, 11) is 0. The third-order valence-electron chi connectivity index (χ3n) is 3.49. The summed E-state index contributed by atoms with van der Waals surface area (Å²) in [6.45, 7) is 0.271. The van der Waals surface area contributed by atoms with Crippen molar-refractivity contribution < 1.29 is 18.8 Å². The molecule has 0 spiro atoms. The van der Waals surface area contributed by atoms with Gasteiger partial charge < -0.3 is 9.73 Å². The van der Waals surface area contributed by atoms with Crippen LogP contribution in [0.5, 0.6) is 0 Å². The van der Waals surface area contributed by atoms with Gasteiger partial charge in [0.1, 0.15) is 6.26 Å². The van der Waals surface area contributed by atoms with Crippen LogP contribution in [0, 0.1) is 0 Å². The summed E-state index contributed by atoms with van der Waals surface area (Å²) in [5.41, 5.74) is 1.91. The van der Waals surface area contributed by atoms with Gasteiger partial charge in [0.25, 0.3) is 5.91 Å². The number of hydrogen-bond donors (Lipinski definition) is 1. The van der Waals surface area contributed by atoms with E-state index in [1.807, 2.05) is 0 Å². The molecule has 1 N–H and O–H groups in total. The summed E-state index contributed by atoms with van der Waals surface area (Å²) in [5.74, 6) is -0.531. The lowest BCUT2D eigenvalue weighted by Crippen LogP contribution is -2.28. The molecule has 3 rings (SSSR count). The number of rotatable bonds is 4. The number of anilines is 1. The molecular weight excluding hydrogens is 284 g/mol. The van der Waals surface area contributed by atoms with Crippen molar-refractivity contribution >= 4 is 23.4 Å². The zero-order valence-electron chi connectivity index (χ0n) is 11.7. The van der Waals surface area contributed by atoms with Gasteiger partial charge in [0.05, 0.1) is 18.4 Å². The van der Waals surface area contributed by atoms with Crippen LogP contribution in [0.3, 0.4) is 0 Å². The first-order valence-electron chi connectivity index (χ1n) is 6.89. The van der Waals surface area contributed by atoms with Gasteiger partial charge >= 0.3 is 0 Å². The Morgan fingerprint density at radius 1 is 1.09 bits per heavy atom. The number of furan rings is 1. The van der Waals surface area contributed by atoms with Crippen LogP contribution in [0.4, 0.5) is 5.69 Å². The molecule has 1 aromatic carbocycles. The number of amides is 3. The molecule has 112 valence electrons. The molecule has 6 nitrogen and oxygen atoms in total. The average molecular weight is 298 g/mol. The highest BCUT2D eigenvalue weighted by Crippen LogP contribution is 2.17. The maximum atomic E-state index is 11.9. The Hall–Kier alpha value is -2.89. The van der Waals surface area contributed by atoms with Crippen LogP contribution in [0.25, 0.3) is 0 Å². The van der Waals surface area contributed by atoms with Crippen molar-refractivity contribution in [2.75, 3.05) is 5.32 Å². The Bertz CT molecular complexity index is 688. The van der Waals surface area contributed by atoms with Crippen molar-refractivity contribution in [2.24, 2.45) is 0 Å². The average Bonchev–Trinajstić information content (AvgIpc) is 3.15. The molecule has 1 fully saturated rings. The van der Waals surface area contributed by atoms with E-state index >= 15 is 0 Å². The summed E-state index contributed by atoms with van der Waals surface area (Å²) in [4.78, 5) is 36.3. The number of hydrogen-bond acceptors (Lipinski definition) is 4. The minimum Gasteiger partial charge on any atom is -0.472 e. The molecule has 1 aromatic heterocycles. The second kappa shape index (κ2) is 5.85. The summed E-state index contributed by atoms with van der Waals surface area (Å²) in [5, 5.41) is 2.74. The molecule has 3 amide bonds. The van der Waals surface area contributed by atoms with Gasteiger partial charge in [0, 0.05) is 18.5 Å². The Morgan fingerprint density at radius 2 is 1.77 bits per heavy atom. The van der Waals surface area contributed by atoms with E-state index in [1.165, 1.54) is 17.4 Å². The molecule has 0 bridgehead atoms. The number of nitrogens with zero attached hydrogens (tertiary/aromatic N) is 1. The molecule has 6 heteroatoms.